The normalized spacial score (nSPS) is 34.0. The van der Waals surface area contributed by atoms with Crippen LogP contribution in [-0.2, 0) is 28.4 Å². The summed E-state index contributed by atoms with van der Waals surface area (Å²) in [5, 5.41) is 10.2. The number of carbonyl (C=O) groups is 1. The maximum Gasteiger partial charge on any atom is 0.308 e. The van der Waals surface area contributed by atoms with Gasteiger partial charge >= 0.3 is 5.97 Å². The smallest absolute Gasteiger partial charge is 0.308 e. The van der Waals surface area contributed by atoms with Crippen LogP contribution < -0.4 is 0 Å². The van der Waals surface area contributed by atoms with E-state index in [4.69, 9.17) is 0 Å². The highest BCUT2D eigenvalue weighted by Gasteiger charge is 2.82. The minimum Gasteiger partial charge on any atom is -0.481 e. The van der Waals surface area contributed by atoms with Gasteiger partial charge in [-0.15, -0.1) is 0 Å². The van der Waals surface area contributed by atoms with Gasteiger partial charge in [0.1, 0.15) is 0 Å². The number of rotatable bonds is 5. The van der Waals surface area contributed by atoms with Crippen LogP contribution in [0.4, 0.5) is 0 Å². The van der Waals surface area contributed by atoms with Gasteiger partial charge in [0.25, 0.3) is 0 Å². The molecule has 0 radical (unpaired) electrons. The molecule has 1 spiro atoms. The lowest BCUT2D eigenvalue weighted by Gasteiger charge is -2.40. The second kappa shape index (κ2) is 6.15. The van der Waals surface area contributed by atoms with E-state index in [0.717, 1.165) is 30.4 Å². The molecule has 3 aliphatic rings. The summed E-state index contributed by atoms with van der Waals surface area (Å²) < 4.78 is 12.6. The summed E-state index contributed by atoms with van der Waals surface area (Å²) in [4.78, 5) is 12.4. The fourth-order valence-corrected chi connectivity index (χ4v) is 9.25. The summed E-state index contributed by atoms with van der Waals surface area (Å²) in [6.07, 6.45) is 3.13. The molecule has 2 fully saturated rings. The van der Waals surface area contributed by atoms with Gasteiger partial charge in [-0.25, -0.2) is 0 Å². The van der Waals surface area contributed by atoms with Gasteiger partial charge in [-0.2, -0.15) is 0 Å². The van der Waals surface area contributed by atoms with Crippen molar-refractivity contribution < 1.29 is 14.1 Å². The Hall–Kier alpha value is -2.20. The van der Waals surface area contributed by atoms with Crippen LogP contribution in [0.5, 0.6) is 0 Å². The van der Waals surface area contributed by atoms with E-state index in [9.17, 15) is 14.1 Å². The van der Waals surface area contributed by atoms with Crippen molar-refractivity contribution in [3.8, 4) is 0 Å². The molecule has 0 amide bonds. The zero-order chi connectivity index (χ0) is 20.4. The molecule has 2 aliphatic heterocycles. The minimum atomic E-state index is -1.25. The Morgan fingerprint density at radius 2 is 1.41 bits per heavy atom. The van der Waals surface area contributed by atoms with Gasteiger partial charge in [0.15, 0.2) is 0 Å². The molecular formula is C25H26O3S. The van der Waals surface area contributed by atoms with Crippen molar-refractivity contribution in [3.63, 3.8) is 0 Å². The second-order valence-corrected chi connectivity index (χ2v) is 11.3. The van der Waals surface area contributed by atoms with Crippen molar-refractivity contribution in [3.05, 3.63) is 82.9 Å². The third-order valence-electron chi connectivity index (χ3n) is 7.83. The molecule has 1 N–H and O–H groups in total. The number of aliphatic carboxylic acids is 1. The van der Waals surface area contributed by atoms with Crippen LogP contribution in [0.1, 0.15) is 37.8 Å². The highest BCUT2D eigenvalue weighted by molar-refractivity contribution is 7.89. The summed E-state index contributed by atoms with van der Waals surface area (Å²) >= 11 is 0. The standard InChI is InChI=1S/C25H26O3S/c1-23-19(15-17-9-5-3-6-10-17)20(16-18-11-7-4-8-12-18)24(2,29(23)28)25(13-14-25)21(23)22(26)27/h3-12,21H,13-16H2,1-2H3,(H,26,27). The molecule has 2 aromatic carbocycles. The van der Waals surface area contributed by atoms with Crippen LogP contribution in [0.2, 0.25) is 0 Å². The van der Waals surface area contributed by atoms with Gasteiger partial charge in [-0.05, 0) is 61.8 Å². The van der Waals surface area contributed by atoms with E-state index in [0.29, 0.717) is 6.42 Å². The second-order valence-electron chi connectivity index (χ2n) is 9.12. The Morgan fingerprint density at radius 1 is 0.931 bits per heavy atom. The van der Waals surface area contributed by atoms with Crippen LogP contribution in [0, 0.1) is 11.3 Å². The maximum atomic E-state index is 14.0. The Balaban J connectivity index is 1.72. The maximum absolute atomic E-state index is 14.0. The fraction of sp³-hybridized carbons (Fsp3) is 0.400. The topological polar surface area (TPSA) is 54.4 Å². The third-order valence-corrected chi connectivity index (χ3v) is 10.5. The molecule has 1 saturated heterocycles. The molecule has 1 aliphatic carbocycles. The quantitative estimate of drug-likeness (QED) is 0.742. The van der Waals surface area contributed by atoms with Crippen molar-refractivity contribution in [2.45, 2.75) is 49.0 Å². The van der Waals surface area contributed by atoms with E-state index in [2.05, 4.69) is 31.2 Å². The van der Waals surface area contributed by atoms with E-state index >= 15 is 0 Å². The van der Waals surface area contributed by atoms with E-state index < -0.39 is 32.2 Å². The van der Waals surface area contributed by atoms with Crippen LogP contribution in [0.25, 0.3) is 0 Å². The number of carboxylic acids is 1. The molecule has 2 bridgehead atoms. The van der Waals surface area contributed by atoms with Gasteiger partial charge in [-0.3, -0.25) is 9.00 Å². The molecule has 4 atom stereocenters. The predicted molar refractivity (Wildman–Crippen MR) is 115 cm³/mol. The van der Waals surface area contributed by atoms with Crippen molar-refractivity contribution in [2.24, 2.45) is 11.3 Å². The van der Waals surface area contributed by atoms with Crippen LogP contribution in [0.3, 0.4) is 0 Å². The lowest BCUT2D eigenvalue weighted by Crippen LogP contribution is -2.47. The van der Waals surface area contributed by atoms with E-state index in [-0.39, 0.29) is 5.41 Å². The van der Waals surface area contributed by atoms with Crippen molar-refractivity contribution >= 4 is 16.8 Å². The fourth-order valence-electron chi connectivity index (χ4n) is 6.33. The first kappa shape index (κ1) is 18.8. The minimum absolute atomic E-state index is 0.358. The van der Waals surface area contributed by atoms with Crippen LogP contribution in [0.15, 0.2) is 71.8 Å². The third kappa shape index (κ3) is 2.29. The number of fused-ring (bicyclic) bond motifs is 3. The average molecular weight is 407 g/mol. The van der Waals surface area contributed by atoms with Gasteiger partial charge in [0.05, 0.1) is 15.4 Å². The number of hydrogen-bond acceptors (Lipinski definition) is 2. The summed E-state index contributed by atoms with van der Waals surface area (Å²) in [5.41, 5.74) is 4.31. The van der Waals surface area contributed by atoms with Crippen molar-refractivity contribution in [2.75, 3.05) is 0 Å². The van der Waals surface area contributed by atoms with Gasteiger partial charge in [-0.1, -0.05) is 60.7 Å². The highest BCUT2D eigenvalue weighted by atomic mass is 32.2. The number of benzene rings is 2. The Bertz CT molecular complexity index is 1040. The number of carboxylic acid groups (broad SMARTS) is 1. The molecular weight excluding hydrogens is 380 g/mol. The van der Waals surface area contributed by atoms with E-state index in [1.54, 1.807) is 0 Å². The van der Waals surface area contributed by atoms with Gasteiger partial charge in [0.2, 0.25) is 0 Å². The van der Waals surface area contributed by atoms with E-state index in [1.807, 2.05) is 43.3 Å². The van der Waals surface area contributed by atoms with Crippen molar-refractivity contribution in [1.29, 1.82) is 0 Å². The zero-order valence-corrected chi connectivity index (χ0v) is 17.7. The van der Waals surface area contributed by atoms with E-state index in [1.165, 1.54) is 11.1 Å². The molecule has 0 aromatic heterocycles. The zero-order valence-electron chi connectivity index (χ0n) is 16.9. The molecule has 1 saturated carbocycles. The molecule has 3 nitrogen and oxygen atoms in total. The average Bonchev–Trinajstić information content (AvgIpc) is 3.46. The molecule has 2 heterocycles. The highest BCUT2D eigenvalue weighted by Crippen LogP contribution is 2.77. The van der Waals surface area contributed by atoms with Gasteiger partial charge in [0, 0.05) is 16.2 Å². The molecule has 2 aromatic rings. The summed E-state index contributed by atoms with van der Waals surface area (Å²) in [6, 6.07) is 20.5. The monoisotopic (exact) mass is 406 g/mol. The number of hydrogen-bond donors (Lipinski definition) is 1. The molecule has 150 valence electrons. The largest absolute Gasteiger partial charge is 0.481 e. The Morgan fingerprint density at radius 3 is 1.86 bits per heavy atom. The molecule has 29 heavy (non-hydrogen) atoms. The van der Waals surface area contributed by atoms with Crippen LogP contribution >= 0.6 is 0 Å². The summed E-state index contributed by atoms with van der Waals surface area (Å²) in [7, 11) is -1.25. The SMILES string of the molecule is CC12C(Cc3ccccc3)=C(Cc3ccccc3)C(C)(S1=O)C1(CC1)C2C(=O)O. The molecule has 4 unspecified atom stereocenters. The first-order valence-corrected chi connectivity index (χ1v) is 11.5. The summed E-state index contributed by atoms with van der Waals surface area (Å²) in [5.74, 6) is -1.36. The molecule has 4 heteroatoms. The summed E-state index contributed by atoms with van der Waals surface area (Å²) in [6.45, 7) is 4.05. The first-order valence-electron chi connectivity index (χ1n) is 10.3. The van der Waals surface area contributed by atoms with Crippen molar-refractivity contribution in [1.82, 2.24) is 0 Å². The lowest BCUT2D eigenvalue weighted by molar-refractivity contribution is -0.145. The van der Waals surface area contributed by atoms with Gasteiger partial charge < -0.3 is 5.11 Å². The predicted octanol–water partition coefficient (Wildman–Crippen LogP) is 4.54. The Kier molecular flexibility index (Phi) is 3.99. The Labute approximate surface area is 174 Å². The van der Waals surface area contributed by atoms with Crippen LogP contribution in [-0.4, -0.2) is 24.8 Å². The first-order chi connectivity index (χ1) is 13.9. The lowest BCUT2D eigenvalue weighted by atomic mass is 9.60. The molecule has 5 rings (SSSR count).